The van der Waals surface area contributed by atoms with E-state index < -0.39 is 5.60 Å². The topological polar surface area (TPSA) is 72.5 Å². The molecule has 0 saturated heterocycles. The zero-order chi connectivity index (χ0) is 19.0. The van der Waals surface area contributed by atoms with Gasteiger partial charge in [0.15, 0.2) is 0 Å². The van der Waals surface area contributed by atoms with Gasteiger partial charge in [-0.25, -0.2) is 14.5 Å². The molecular weight excluding hydrogens is 364 g/mol. The van der Waals surface area contributed by atoms with Gasteiger partial charge in [0.05, 0.1) is 11.1 Å². The summed E-state index contributed by atoms with van der Waals surface area (Å²) in [6.45, 7) is 3.98. The number of nitrogens with zero attached hydrogens (tertiary/aromatic N) is 4. The second kappa shape index (κ2) is 7.09. The van der Waals surface area contributed by atoms with Crippen LogP contribution in [0.5, 0.6) is 5.88 Å². The number of aromatic nitrogens is 4. The highest BCUT2D eigenvalue weighted by Crippen LogP contribution is 2.41. The van der Waals surface area contributed by atoms with E-state index in [-0.39, 0.29) is 0 Å². The second-order valence-electron chi connectivity index (χ2n) is 7.81. The molecule has 0 amide bonds. The molecule has 1 fully saturated rings. The molecule has 4 rings (SSSR count). The quantitative estimate of drug-likeness (QED) is 0.622. The molecule has 0 unspecified atom stereocenters. The second-order valence-corrected chi connectivity index (χ2v) is 8.19. The molecule has 7 heteroatoms. The zero-order valence-corrected chi connectivity index (χ0v) is 16.3. The molecule has 0 bridgehead atoms. The van der Waals surface area contributed by atoms with Gasteiger partial charge in [0.2, 0.25) is 5.88 Å². The predicted octanol–water partition coefficient (Wildman–Crippen LogP) is 3.94. The Morgan fingerprint density at radius 3 is 2.74 bits per heavy atom. The fourth-order valence-corrected chi connectivity index (χ4v) is 3.26. The smallest absolute Gasteiger partial charge is 0.218 e. The summed E-state index contributed by atoms with van der Waals surface area (Å²) in [6.07, 6.45) is 5.32. The van der Waals surface area contributed by atoms with Crippen molar-refractivity contribution in [3.05, 3.63) is 52.7 Å². The van der Waals surface area contributed by atoms with Gasteiger partial charge in [-0.15, -0.1) is 0 Å². The first-order chi connectivity index (χ1) is 12.9. The van der Waals surface area contributed by atoms with Crippen LogP contribution in [0.4, 0.5) is 0 Å². The maximum absolute atomic E-state index is 10.1. The SMILES string of the molecule is CC(C)(O)CCc1cc(C2CC2)cc2cc(COc3cc(Cl)ncn3)nn12. The van der Waals surface area contributed by atoms with E-state index >= 15 is 0 Å². The number of halogens is 1. The van der Waals surface area contributed by atoms with Crippen molar-refractivity contribution in [2.24, 2.45) is 0 Å². The van der Waals surface area contributed by atoms with E-state index in [0.29, 0.717) is 30.0 Å². The fraction of sp³-hybridized carbons (Fsp3) is 0.450. The Kier molecular flexibility index (Phi) is 4.78. The highest BCUT2D eigenvalue weighted by molar-refractivity contribution is 6.29. The van der Waals surface area contributed by atoms with E-state index in [4.69, 9.17) is 21.4 Å². The van der Waals surface area contributed by atoms with Crippen LogP contribution < -0.4 is 4.74 Å². The van der Waals surface area contributed by atoms with Gasteiger partial charge in [-0.2, -0.15) is 5.10 Å². The molecule has 1 N–H and O–H groups in total. The van der Waals surface area contributed by atoms with Crippen LogP contribution in [0.3, 0.4) is 0 Å². The lowest BCUT2D eigenvalue weighted by atomic mass is 10.00. The molecule has 1 aliphatic carbocycles. The number of aliphatic hydroxyl groups is 1. The van der Waals surface area contributed by atoms with Crippen LogP contribution in [0.1, 0.15) is 56.0 Å². The Bertz CT molecular complexity index is 960. The zero-order valence-electron chi connectivity index (χ0n) is 15.5. The van der Waals surface area contributed by atoms with Crippen LogP contribution in [-0.2, 0) is 13.0 Å². The summed E-state index contributed by atoms with van der Waals surface area (Å²) in [5, 5.41) is 15.2. The third kappa shape index (κ3) is 4.57. The van der Waals surface area contributed by atoms with E-state index in [1.807, 2.05) is 24.4 Å². The monoisotopic (exact) mass is 386 g/mol. The van der Waals surface area contributed by atoms with Gasteiger partial charge in [-0.3, -0.25) is 0 Å². The summed E-state index contributed by atoms with van der Waals surface area (Å²) in [6, 6.07) is 8.07. The highest BCUT2D eigenvalue weighted by Gasteiger charge is 2.25. The molecule has 0 spiro atoms. The molecule has 0 atom stereocenters. The van der Waals surface area contributed by atoms with Gasteiger partial charge >= 0.3 is 0 Å². The molecular formula is C20H23ClN4O2. The molecule has 27 heavy (non-hydrogen) atoms. The minimum atomic E-state index is -0.701. The molecule has 0 aliphatic heterocycles. The first kappa shape index (κ1) is 18.2. The maximum atomic E-state index is 10.1. The largest absolute Gasteiger partial charge is 0.471 e. The van der Waals surface area contributed by atoms with Crippen molar-refractivity contribution in [2.75, 3.05) is 0 Å². The van der Waals surface area contributed by atoms with E-state index in [1.165, 1.54) is 24.7 Å². The Labute approximate surface area is 163 Å². The third-order valence-electron chi connectivity index (χ3n) is 4.73. The van der Waals surface area contributed by atoms with Gasteiger partial charge in [-0.1, -0.05) is 11.6 Å². The van der Waals surface area contributed by atoms with Gasteiger partial charge in [-0.05, 0) is 69.2 Å². The normalized spacial score (nSPS) is 14.7. The van der Waals surface area contributed by atoms with E-state index in [9.17, 15) is 5.11 Å². The summed E-state index contributed by atoms with van der Waals surface area (Å²) >= 11 is 5.86. The first-order valence-electron chi connectivity index (χ1n) is 9.22. The molecule has 0 radical (unpaired) electrons. The van der Waals surface area contributed by atoms with Crippen LogP contribution in [0, 0.1) is 0 Å². The highest BCUT2D eigenvalue weighted by atomic mass is 35.5. The molecule has 1 aliphatic rings. The van der Waals surface area contributed by atoms with Crippen LogP contribution in [0.25, 0.3) is 5.52 Å². The van der Waals surface area contributed by atoms with E-state index in [2.05, 4.69) is 22.1 Å². The number of rotatable bonds is 7. The van der Waals surface area contributed by atoms with Gasteiger partial charge in [0.25, 0.3) is 0 Å². The maximum Gasteiger partial charge on any atom is 0.218 e. The lowest BCUT2D eigenvalue weighted by Gasteiger charge is -2.17. The van der Waals surface area contributed by atoms with Crippen LogP contribution in [0.2, 0.25) is 5.15 Å². The van der Waals surface area contributed by atoms with E-state index in [0.717, 1.165) is 23.3 Å². The number of hydrogen-bond donors (Lipinski definition) is 1. The lowest BCUT2D eigenvalue weighted by molar-refractivity contribution is 0.0710. The minimum absolute atomic E-state index is 0.304. The third-order valence-corrected chi connectivity index (χ3v) is 4.93. The molecule has 6 nitrogen and oxygen atoms in total. The minimum Gasteiger partial charge on any atom is -0.471 e. The standard InChI is InChI=1S/C20H23ClN4O2/c1-20(2,26)6-5-16-7-14(13-3-4-13)8-17-9-15(24-25(16)17)11-27-19-10-18(21)22-12-23-19/h7-10,12-13,26H,3-6,11H2,1-2H3. The summed E-state index contributed by atoms with van der Waals surface area (Å²) in [5.74, 6) is 1.08. The van der Waals surface area contributed by atoms with Crippen LogP contribution >= 0.6 is 11.6 Å². The average molecular weight is 387 g/mol. The van der Waals surface area contributed by atoms with Gasteiger partial charge in [0, 0.05) is 11.8 Å². The molecule has 0 aromatic carbocycles. The molecule has 142 valence electrons. The summed E-state index contributed by atoms with van der Waals surface area (Å²) < 4.78 is 7.66. The number of ether oxygens (including phenoxy) is 1. The summed E-state index contributed by atoms with van der Waals surface area (Å²) in [7, 11) is 0. The molecule has 3 aromatic heterocycles. The molecule has 1 saturated carbocycles. The van der Waals surface area contributed by atoms with Crippen molar-refractivity contribution in [3.63, 3.8) is 0 Å². The Morgan fingerprint density at radius 2 is 2.04 bits per heavy atom. The number of pyridine rings is 1. The molecule has 3 aromatic rings. The fourth-order valence-electron chi connectivity index (χ4n) is 3.12. The van der Waals surface area contributed by atoms with Crippen molar-refractivity contribution >= 4 is 17.1 Å². The number of fused-ring (bicyclic) bond motifs is 1. The average Bonchev–Trinajstić information content (AvgIpc) is 3.37. The number of aryl methyl sites for hydroxylation is 1. The van der Waals surface area contributed by atoms with Crippen molar-refractivity contribution in [1.29, 1.82) is 0 Å². The Balaban J connectivity index is 1.59. The number of hydrogen-bond acceptors (Lipinski definition) is 5. The Morgan fingerprint density at radius 1 is 1.22 bits per heavy atom. The van der Waals surface area contributed by atoms with Crippen molar-refractivity contribution < 1.29 is 9.84 Å². The van der Waals surface area contributed by atoms with Crippen LogP contribution in [0.15, 0.2) is 30.6 Å². The first-order valence-corrected chi connectivity index (χ1v) is 9.59. The van der Waals surface area contributed by atoms with Gasteiger partial charge in [0.1, 0.15) is 23.8 Å². The van der Waals surface area contributed by atoms with Crippen LogP contribution in [-0.4, -0.2) is 30.3 Å². The Hall–Kier alpha value is -2.18. The van der Waals surface area contributed by atoms with Gasteiger partial charge < -0.3 is 9.84 Å². The van der Waals surface area contributed by atoms with E-state index in [1.54, 1.807) is 6.07 Å². The molecule has 3 heterocycles. The lowest BCUT2D eigenvalue weighted by Crippen LogP contribution is -2.20. The van der Waals surface area contributed by atoms with Crippen molar-refractivity contribution in [1.82, 2.24) is 19.6 Å². The van der Waals surface area contributed by atoms with Crippen molar-refractivity contribution in [3.8, 4) is 5.88 Å². The summed E-state index contributed by atoms with van der Waals surface area (Å²) in [5.41, 5.74) is 3.66. The summed E-state index contributed by atoms with van der Waals surface area (Å²) in [4.78, 5) is 7.90. The van der Waals surface area contributed by atoms with Crippen molar-refractivity contribution in [2.45, 2.75) is 57.7 Å². The predicted molar refractivity (Wildman–Crippen MR) is 103 cm³/mol.